The molecule has 0 bridgehead atoms. The van der Waals surface area contributed by atoms with Gasteiger partial charge in [0.2, 0.25) is 5.91 Å². The van der Waals surface area contributed by atoms with E-state index in [0.717, 1.165) is 25.5 Å². The lowest BCUT2D eigenvalue weighted by atomic mass is 10.2. The molecule has 1 aliphatic rings. The molecule has 0 aromatic rings. The number of hydrogen-bond donors (Lipinski definition) is 2. The summed E-state index contributed by atoms with van der Waals surface area (Å²) in [5.74, 6) is 1.14. The predicted molar refractivity (Wildman–Crippen MR) is 128 cm³/mol. The molecule has 0 aromatic heterocycles. The highest BCUT2D eigenvalue weighted by Gasteiger charge is 2.26. The zero-order valence-corrected chi connectivity index (χ0v) is 21.4. The summed E-state index contributed by atoms with van der Waals surface area (Å²) in [7, 11) is 1.75. The topological polar surface area (TPSA) is 86.3 Å². The van der Waals surface area contributed by atoms with Gasteiger partial charge in [0, 0.05) is 52.2 Å². The molecular formula is C20H40IN5O3. The Kier molecular flexibility index (Phi) is 12.6. The molecule has 8 nitrogen and oxygen atoms in total. The zero-order chi connectivity index (χ0) is 21.3. The van der Waals surface area contributed by atoms with Gasteiger partial charge in [-0.15, -0.1) is 24.0 Å². The summed E-state index contributed by atoms with van der Waals surface area (Å²) >= 11 is 0. The van der Waals surface area contributed by atoms with Crippen molar-refractivity contribution in [2.75, 3.05) is 39.8 Å². The number of halogens is 1. The standard InChI is InChI=1S/C20H39N5O3.HI/c1-8-17(26)25-11-10-16(14-25)23-18(21-9-2)22-12-15(3)13-24(7)19(27)28-20(4,5)6;/h15-16H,8-14H2,1-7H3,(H2,21,22,23);1H. The molecule has 1 saturated heterocycles. The maximum absolute atomic E-state index is 12.1. The molecule has 29 heavy (non-hydrogen) atoms. The Morgan fingerprint density at radius 3 is 2.52 bits per heavy atom. The average Bonchev–Trinajstić information content (AvgIpc) is 3.06. The molecular weight excluding hydrogens is 485 g/mol. The number of amides is 2. The Balaban J connectivity index is 0.00000784. The van der Waals surface area contributed by atoms with Crippen LogP contribution in [-0.2, 0) is 9.53 Å². The molecule has 0 aromatic carbocycles. The van der Waals surface area contributed by atoms with Crippen molar-refractivity contribution >= 4 is 41.9 Å². The summed E-state index contributed by atoms with van der Waals surface area (Å²) in [5, 5.41) is 6.69. The lowest BCUT2D eigenvalue weighted by Gasteiger charge is -2.26. The van der Waals surface area contributed by atoms with E-state index in [1.807, 2.05) is 39.5 Å². The fourth-order valence-corrected chi connectivity index (χ4v) is 3.03. The van der Waals surface area contributed by atoms with Crippen molar-refractivity contribution < 1.29 is 14.3 Å². The van der Waals surface area contributed by atoms with Gasteiger partial charge in [-0.05, 0) is 40.0 Å². The van der Waals surface area contributed by atoms with Crippen molar-refractivity contribution in [1.29, 1.82) is 0 Å². The van der Waals surface area contributed by atoms with Gasteiger partial charge in [0.15, 0.2) is 5.96 Å². The first-order valence-electron chi connectivity index (χ1n) is 10.3. The highest BCUT2D eigenvalue weighted by Crippen LogP contribution is 2.11. The minimum atomic E-state index is -0.497. The Hall–Kier alpha value is -1.26. The molecule has 170 valence electrons. The van der Waals surface area contributed by atoms with Crippen LogP contribution in [0.4, 0.5) is 4.79 Å². The minimum absolute atomic E-state index is 0. The lowest BCUT2D eigenvalue weighted by molar-refractivity contribution is -0.129. The first-order valence-corrected chi connectivity index (χ1v) is 10.3. The van der Waals surface area contributed by atoms with Crippen LogP contribution in [0.1, 0.15) is 54.4 Å². The smallest absolute Gasteiger partial charge is 0.410 e. The van der Waals surface area contributed by atoms with Gasteiger partial charge in [-0.2, -0.15) is 0 Å². The highest BCUT2D eigenvalue weighted by atomic mass is 127. The van der Waals surface area contributed by atoms with Crippen molar-refractivity contribution in [3.8, 4) is 0 Å². The summed E-state index contributed by atoms with van der Waals surface area (Å²) in [6, 6.07) is 0.216. The summed E-state index contributed by atoms with van der Waals surface area (Å²) in [6.07, 6.45) is 1.15. The van der Waals surface area contributed by atoms with Gasteiger partial charge < -0.3 is 25.2 Å². The second kappa shape index (κ2) is 13.1. The third-order valence-electron chi connectivity index (χ3n) is 4.38. The zero-order valence-electron chi connectivity index (χ0n) is 19.1. The molecule has 1 rings (SSSR count). The lowest BCUT2D eigenvalue weighted by Crippen LogP contribution is -2.45. The van der Waals surface area contributed by atoms with Crippen LogP contribution in [0.3, 0.4) is 0 Å². The van der Waals surface area contributed by atoms with E-state index in [2.05, 4.69) is 22.5 Å². The van der Waals surface area contributed by atoms with E-state index in [4.69, 9.17) is 4.74 Å². The maximum Gasteiger partial charge on any atom is 0.410 e. The summed E-state index contributed by atoms with van der Waals surface area (Å²) in [5.41, 5.74) is -0.497. The molecule has 1 aliphatic heterocycles. The molecule has 2 unspecified atom stereocenters. The minimum Gasteiger partial charge on any atom is -0.444 e. The van der Waals surface area contributed by atoms with Gasteiger partial charge in [0.05, 0.1) is 0 Å². The highest BCUT2D eigenvalue weighted by molar-refractivity contribution is 14.0. The Labute approximate surface area is 193 Å². The Morgan fingerprint density at radius 2 is 1.97 bits per heavy atom. The van der Waals surface area contributed by atoms with Crippen LogP contribution in [0.25, 0.3) is 0 Å². The van der Waals surface area contributed by atoms with Gasteiger partial charge in [0.25, 0.3) is 0 Å². The molecule has 1 heterocycles. The number of nitrogens with one attached hydrogen (secondary N) is 2. The SMILES string of the molecule is CCNC(=NCC(C)CN(C)C(=O)OC(C)(C)C)NC1CCN(C(=O)CC)C1.I. The number of guanidine groups is 1. The van der Waals surface area contributed by atoms with Crippen LogP contribution in [0.15, 0.2) is 4.99 Å². The number of aliphatic imine (C=N–C) groups is 1. The molecule has 0 saturated carbocycles. The summed E-state index contributed by atoms with van der Waals surface area (Å²) in [4.78, 5) is 32.1. The van der Waals surface area contributed by atoms with Gasteiger partial charge >= 0.3 is 6.09 Å². The number of carbonyl (C=O) groups excluding carboxylic acids is 2. The third kappa shape index (κ3) is 10.9. The number of ether oxygens (including phenoxy) is 1. The molecule has 2 amide bonds. The van der Waals surface area contributed by atoms with Gasteiger partial charge in [0.1, 0.15) is 5.60 Å². The van der Waals surface area contributed by atoms with Crippen molar-refractivity contribution in [2.45, 2.75) is 66.0 Å². The third-order valence-corrected chi connectivity index (χ3v) is 4.38. The summed E-state index contributed by atoms with van der Waals surface area (Å²) in [6.45, 7) is 15.0. The number of nitrogens with zero attached hydrogens (tertiary/aromatic N) is 3. The second-order valence-corrected chi connectivity index (χ2v) is 8.51. The van der Waals surface area contributed by atoms with Gasteiger partial charge in [-0.1, -0.05) is 13.8 Å². The van der Waals surface area contributed by atoms with E-state index in [9.17, 15) is 9.59 Å². The summed E-state index contributed by atoms with van der Waals surface area (Å²) < 4.78 is 5.39. The van der Waals surface area contributed by atoms with Crippen molar-refractivity contribution in [2.24, 2.45) is 10.9 Å². The van der Waals surface area contributed by atoms with E-state index in [-0.39, 0.29) is 47.9 Å². The monoisotopic (exact) mass is 525 g/mol. The fraction of sp³-hybridized carbons (Fsp3) is 0.850. The van der Waals surface area contributed by atoms with Gasteiger partial charge in [-0.25, -0.2) is 4.79 Å². The maximum atomic E-state index is 12.1. The first-order chi connectivity index (χ1) is 13.1. The first kappa shape index (κ1) is 27.7. The predicted octanol–water partition coefficient (Wildman–Crippen LogP) is 2.67. The number of likely N-dealkylation sites (tertiary alicyclic amines) is 1. The van der Waals surface area contributed by atoms with E-state index >= 15 is 0 Å². The Morgan fingerprint density at radius 1 is 1.31 bits per heavy atom. The number of carbonyl (C=O) groups is 2. The molecule has 1 fully saturated rings. The second-order valence-electron chi connectivity index (χ2n) is 8.51. The van der Waals surface area contributed by atoms with Crippen LogP contribution in [0, 0.1) is 5.92 Å². The molecule has 2 N–H and O–H groups in total. The number of rotatable bonds is 7. The quantitative estimate of drug-likeness (QED) is 0.303. The van der Waals surface area contributed by atoms with E-state index in [1.165, 1.54) is 0 Å². The van der Waals surface area contributed by atoms with Gasteiger partial charge in [-0.3, -0.25) is 9.79 Å². The average molecular weight is 525 g/mol. The Bertz CT molecular complexity index is 551. The molecule has 0 radical (unpaired) electrons. The van der Waals surface area contributed by atoms with E-state index < -0.39 is 5.60 Å². The number of hydrogen-bond acceptors (Lipinski definition) is 4. The van der Waals surface area contributed by atoms with E-state index in [1.54, 1.807) is 11.9 Å². The van der Waals surface area contributed by atoms with Crippen molar-refractivity contribution in [1.82, 2.24) is 20.4 Å². The van der Waals surface area contributed by atoms with Crippen molar-refractivity contribution in [3.63, 3.8) is 0 Å². The van der Waals surface area contributed by atoms with Crippen LogP contribution in [-0.4, -0.2) is 79.2 Å². The van der Waals surface area contributed by atoms with Crippen molar-refractivity contribution in [3.05, 3.63) is 0 Å². The molecule has 0 spiro atoms. The largest absolute Gasteiger partial charge is 0.444 e. The molecule has 0 aliphatic carbocycles. The molecule has 2 atom stereocenters. The van der Waals surface area contributed by atoms with Crippen LogP contribution < -0.4 is 10.6 Å². The van der Waals surface area contributed by atoms with Crippen LogP contribution >= 0.6 is 24.0 Å². The normalized spacial score (nSPS) is 18.0. The van der Waals surface area contributed by atoms with Crippen LogP contribution in [0.2, 0.25) is 0 Å². The fourth-order valence-electron chi connectivity index (χ4n) is 3.03. The van der Waals surface area contributed by atoms with Crippen LogP contribution in [0.5, 0.6) is 0 Å². The molecule has 9 heteroatoms. The van der Waals surface area contributed by atoms with E-state index in [0.29, 0.717) is 26.1 Å².